The normalized spacial score (nSPS) is 12.1. The van der Waals surface area contributed by atoms with Crippen LogP contribution in [0.25, 0.3) is 0 Å². The molecule has 0 aromatic heterocycles. The molecule has 0 heterocycles. The molecule has 0 aliphatic heterocycles. The Labute approximate surface area is 92.1 Å². The van der Waals surface area contributed by atoms with E-state index in [1.807, 2.05) is 37.3 Å². The van der Waals surface area contributed by atoms with E-state index in [2.05, 4.69) is 26.0 Å². The summed E-state index contributed by atoms with van der Waals surface area (Å²) in [5.74, 6) is 1.88. The quantitative estimate of drug-likeness (QED) is 0.524. The van der Waals surface area contributed by atoms with Gasteiger partial charge in [0, 0.05) is 6.42 Å². The summed E-state index contributed by atoms with van der Waals surface area (Å²) in [6.45, 7) is 6.15. The van der Waals surface area contributed by atoms with Gasteiger partial charge in [0.15, 0.2) is 0 Å². The predicted molar refractivity (Wildman–Crippen MR) is 65.0 cm³/mol. The molecule has 1 heteroatoms. The SMILES string of the molecule is C/C=C\C=C(/CC)Oc1ccc(C)cc1. The smallest absolute Gasteiger partial charge is 0.126 e. The van der Waals surface area contributed by atoms with Crippen molar-refractivity contribution in [3.63, 3.8) is 0 Å². The molecule has 1 aromatic rings. The van der Waals surface area contributed by atoms with Gasteiger partial charge in [0.05, 0.1) is 0 Å². The first-order valence-electron chi connectivity index (χ1n) is 5.32. The van der Waals surface area contributed by atoms with Gasteiger partial charge >= 0.3 is 0 Å². The highest BCUT2D eigenvalue weighted by molar-refractivity contribution is 5.28. The Bertz CT molecular complexity index is 344. The van der Waals surface area contributed by atoms with E-state index < -0.39 is 0 Å². The summed E-state index contributed by atoms with van der Waals surface area (Å²) in [4.78, 5) is 0. The van der Waals surface area contributed by atoms with Crippen LogP contribution in [0.2, 0.25) is 0 Å². The maximum Gasteiger partial charge on any atom is 0.126 e. The molecule has 0 unspecified atom stereocenters. The first kappa shape index (κ1) is 11.6. The zero-order valence-electron chi connectivity index (χ0n) is 9.66. The molecule has 0 saturated carbocycles. The van der Waals surface area contributed by atoms with E-state index in [4.69, 9.17) is 4.74 Å². The Balaban J connectivity index is 2.71. The molecule has 1 rings (SSSR count). The van der Waals surface area contributed by atoms with Crippen LogP contribution in [0.15, 0.2) is 48.3 Å². The second-order valence-electron chi connectivity index (χ2n) is 3.43. The fourth-order valence-electron chi connectivity index (χ4n) is 1.19. The number of hydrogen-bond acceptors (Lipinski definition) is 1. The summed E-state index contributed by atoms with van der Waals surface area (Å²) in [6, 6.07) is 8.10. The number of hydrogen-bond donors (Lipinski definition) is 0. The van der Waals surface area contributed by atoms with Gasteiger partial charge in [0.25, 0.3) is 0 Å². The third kappa shape index (κ3) is 4.03. The van der Waals surface area contributed by atoms with Gasteiger partial charge in [0.1, 0.15) is 11.5 Å². The van der Waals surface area contributed by atoms with Crippen LogP contribution in [0.1, 0.15) is 25.8 Å². The Kier molecular flexibility index (Phi) is 4.69. The van der Waals surface area contributed by atoms with Crippen LogP contribution in [-0.4, -0.2) is 0 Å². The molecule has 1 nitrogen and oxygen atoms in total. The van der Waals surface area contributed by atoms with Crippen LogP contribution in [0.4, 0.5) is 0 Å². The van der Waals surface area contributed by atoms with Crippen molar-refractivity contribution in [2.75, 3.05) is 0 Å². The second-order valence-corrected chi connectivity index (χ2v) is 3.43. The molecule has 0 aliphatic rings. The van der Waals surface area contributed by atoms with Crippen LogP contribution in [-0.2, 0) is 0 Å². The molecule has 15 heavy (non-hydrogen) atoms. The lowest BCUT2D eigenvalue weighted by Crippen LogP contribution is -1.93. The van der Waals surface area contributed by atoms with Gasteiger partial charge in [-0.25, -0.2) is 0 Å². The van der Waals surface area contributed by atoms with E-state index in [0.29, 0.717) is 0 Å². The monoisotopic (exact) mass is 202 g/mol. The van der Waals surface area contributed by atoms with Crippen molar-refractivity contribution in [1.29, 1.82) is 0 Å². The summed E-state index contributed by atoms with van der Waals surface area (Å²) in [7, 11) is 0. The summed E-state index contributed by atoms with van der Waals surface area (Å²) in [6.07, 6.45) is 6.89. The van der Waals surface area contributed by atoms with Crippen molar-refractivity contribution in [3.05, 3.63) is 53.8 Å². The second kappa shape index (κ2) is 6.07. The van der Waals surface area contributed by atoms with E-state index in [9.17, 15) is 0 Å². The van der Waals surface area contributed by atoms with Crippen molar-refractivity contribution < 1.29 is 4.74 Å². The molecule has 0 aliphatic carbocycles. The summed E-state index contributed by atoms with van der Waals surface area (Å²) in [5, 5.41) is 0. The van der Waals surface area contributed by atoms with Crippen LogP contribution >= 0.6 is 0 Å². The van der Waals surface area contributed by atoms with Gasteiger partial charge in [-0.2, -0.15) is 0 Å². The fraction of sp³-hybridized carbons (Fsp3) is 0.286. The molecule has 0 spiro atoms. The van der Waals surface area contributed by atoms with E-state index in [1.54, 1.807) is 0 Å². The lowest BCUT2D eigenvalue weighted by molar-refractivity contribution is 0.409. The van der Waals surface area contributed by atoms with Gasteiger partial charge < -0.3 is 4.74 Å². The summed E-state index contributed by atoms with van der Waals surface area (Å²) in [5.41, 5.74) is 1.25. The number of aryl methyl sites for hydroxylation is 1. The average molecular weight is 202 g/mol. The largest absolute Gasteiger partial charge is 0.462 e. The Hall–Kier alpha value is -1.50. The maximum atomic E-state index is 5.73. The highest BCUT2D eigenvalue weighted by Crippen LogP contribution is 2.16. The molecule has 0 fully saturated rings. The van der Waals surface area contributed by atoms with E-state index in [1.165, 1.54) is 5.56 Å². The average Bonchev–Trinajstić information content (AvgIpc) is 2.27. The van der Waals surface area contributed by atoms with Crippen LogP contribution in [0.5, 0.6) is 5.75 Å². The standard InChI is InChI=1S/C14H18O/c1-4-6-7-13(5-2)15-14-10-8-12(3)9-11-14/h4,6-11H,5H2,1-3H3/b6-4-,13-7+. The molecular weight excluding hydrogens is 184 g/mol. The van der Waals surface area contributed by atoms with Crippen molar-refractivity contribution in [2.45, 2.75) is 27.2 Å². The van der Waals surface area contributed by atoms with Crippen molar-refractivity contribution >= 4 is 0 Å². The molecule has 1 aromatic carbocycles. The minimum Gasteiger partial charge on any atom is -0.462 e. The molecular formula is C14H18O. The maximum absolute atomic E-state index is 5.73. The van der Waals surface area contributed by atoms with Gasteiger partial charge in [-0.15, -0.1) is 0 Å². The zero-order chi connectivity index (χ0) is 11.1. The highest BCUT2D eigenvalue weighted by Gasteiger charge is 1.96. The summed E-state index contributed by atoms with van der Waals surface area (Å²) >= 11 is 0. The first-order chi connectivity index (χ1) is 7.26. The third-order valence-electron chi connectivity index (χ3n) is 2.09. The van der Waals surface area contributed by atoms with E-state index in [0.717, 1.165) is 17.9 Å². The predicted octanol–water partition coefficient (Wildman–Crippen LogP) is 4.24. The fourth-order valence-corrected chi connectivity index (χ4v) is 1.19. The van der Waals surface area contributed by atoms with Crippen LogP contribution in [0.3, 0.4) is 0 Å². The first-order valence-corrected chi connectivity index (χ1v) is 5.32. The van der Waals surface area contributed by atoms with Crippen molar-refractivity contribution in [2.24, 2.45) is 0 Å². The van der Waals surface area contributed by atoms with Crippen molar-refractivity contribution in [1.82, 2.24) is 0 Å². The zero-order valence-corrected chi connectivity index (χ0v) is 9.66. The topological polar surface area (TPSA) is 9.23 Å². The van der Waals surface area contributed by atoms with Gasteiger partial charge in [0.2, 0.25) is 0 Å². The molecule has 0 atom stereocenters. The van der Waals surface area contributed by atoms with Crippen LogP contribution in [0, 0.1) is 6.92 Å². The molecule has 0 amide bonds. The molecule has 0 saturated heterocycles. The number of rotatable bonds is 4. The van der Waals surface area contributed by atoms with Gasteiger partial charge in [-0.1, -0.05) is 36.8 Å². The molecule has 0 N–H and O–H groups in total. The Morgan fingerprint density at radius 1 is 1.27 bits per heavy atom. The lowest BCUT2D eigenvalue weighted by atomic mass is 10.2. The number of ether oxygens (including phenoxy) is 1. The lowest BCUT2D eigenvalue weighted by Gasteiger charge is -2.07. The molecule has 80 valence electrons. The van der Waals surface area contributed by atoms with Gasteiger partial charge in [-0.05, 0) is 32.1 Å². The van der Waals surface area contributed by atoms with E-state index >= 15 is 0 Å². The van der Waals surface area contributed by atoms with Crippen molar-refractivity contribution in [3.8, 4) is 5.75 Å². The van der Waals surface area contributed by atoms with E-state index in [-0.39, 0.29) is 0 Å². The third-order valence-corrected chi connectivity index (χ3v) is 2.09. The number of allylic oxidation sites excluding steroid dienone is 4. The number of benzene rings is 1. The Morgan fingerprint density at radius 2 is 1.93 bits per heavy atom. The Morgan fingerprint density at radius 3 is 2.47 bits per heavy atom. The minimum absolute atomic E-state index is 0.901. The van der Waals surface area contributed by atoms with Crippen LogP contribution < -0.4 is 4.74 Å². The highest BCUT2D eigenvalue weighted by atomic mass is 16.5. The molecule has 0 radical (unpaired) electrons. The molecule has 0 bridgehead atoms. The minimum atomic E-state index is 0.901. The van der Waals surface area contributed by atoms with Gasteiger partial charge in [-0.3, -0.25) is 0 Å². The summed E-state index contributed by atoms with van der Waals surface area (Å²) < 4.78 is 5.73.